The van der Waals surface area contributed by atoms with Crippen molar-refractivity contribution in [2.45, 2.75) is 31.3 Å². The third-order valence-corrected chi connectivity index (χ3v) is 7.51. The SMILES string of the molecule is N#Cc1cc(Cl)cc(/C=C/C(=O)N2C[C@@H]3CN(C(=O)C4CCC5NNNC5C4)C[C@H]3C2)c1. The van der Waals surface area contributed by atoms with E-state index in [4.69, 9.17) is 16.9 Å². The quantitative estimate of drug-likeness (QED) is 0.595. The van der Waals surface area contributed by atoms with Gasteiger partial charge in [0.05, 0.1) is 11.6 Å². The molecule has 1 saturated carbocycles. The highest BCUT2D eigenvalue weighted by Crippen LogP contribution is 2.34. The Kier molecular flexibility index (Phi) is 5.91. The van der Waals surface area contributed by atoms with Crippen molar-refractivity contribution in [1.29, 1.82) is 5.26 Å². The van der Waals surface area contributed by atoms with Gasteiger partial charge in [-0.3, -0.25) is 9.59 Å². The molecule has 3 aliphatic heterocycles. The van der Waals surface area contributed by atoms with E-state index in [9.17, 15) is 9.59 Å². The van der Waals surface area contributed by atoms with E-state index in [-0.39, 0.29) is 17.7 Å². The molecule has 0 bridgehead atoms. The largest absolute Gasteiger partial charge is 0.342 e. The molecule has 5 rings (SSSR count). The Morgan fingerprint density at radius 1 is 1.03 bits per heavy atom. The molecule has 0 spiro atoms. The lowest BCUT2D eigenvalue weighted by Crippen LogP contribution is -2.45. The van der Waals surface area contributed by atoms with E-state index in [0.717, 1.165) is 37.9 Å². The van der Waals surface area contributed by atoms with Gasteiger partial charge < -0.3 is 9.80 Å². The van der Waals surface area contributed by atoms with E-state index >= 15 is 0 Å². The molecule has 4 fully saturated rings. The summed E-state index contributed by atoms with van der Waals surface area (Å²) in [5, 5.41) is 9.54. The zero-order valence-electron chi connectivity index (χ0n) is 17.8. The maximum atomic E-state index is 13.1. The van der Waals surface area contributed by atoms with Gasteiger partial charge in [0, 0.05) is 67.1 Å². The molecular weight excluding hydrogens is 428 g/mol. The fraction of sp³-hybridized carbons (Fsp3) is 0.522. The molecule has 0 radical (unpaired) electrons. The molecule has 168 valence electrons. The van der Waals surface area contributed by atoms with Gasteiger partial charge in [0.2, 0.25) is 11.8 Å². The third kappa shape index (κ3) is 4.26. The minimum Gasteiger partial charge on any atom is -0.342 e. The highest BCUT2D eigenvalue weighted by Gasteiger charge is 2.45. The van der Waals surface area contributed by atoms with Crippen LogP contribution in [0.2, 0.25) is 5.02 Å². The molecule has 9 heteroatoms. The van der Waals surface area contributed by atoms with Gasteiger partial charge in [0.1, 0.15) is 0 Å². The highest BCUT2D eigenvalue weighted by atomic mass is 35.5. The summed E-state index contributed by atoms with van der Waals surface area (Å²) in [6.45, 7) is 2.85. The van der Waals surface area contributed by atoms with Crippen LogP contribution in [0.15, 0.2) is 24.3 Å². The van der Waals surface area contributed by atoms with Crippen LogP contribution >= 0.6 is 11.6 Å². The summed E-state index contributed by atoms with van der Waals surface area (Å²) >= 11 is 6.04. The molecule has 3 unspecified atom stereocenters. The molecule has 4 aliphatic rings. The van der Waals surface area contributed by atoms with Crippen molar-refractivity contribution in [3.05, 3.63) is 40.4 Å². The molecule has 3 N–H and O–H groups in total. The van der Waals surface area contributed by atoms with Gasteiger partial charge in [0.15, 0.2) is 0 Å². The summed E-state index contributed by atoms with van der Waals surface area (Å²) in [4.78, 5) is 29.7. The Balaban J connectivity index is 1.14. The molecule has 3 heterocycles. The summed E-state index contributed by atoms with van der Waals surface area (Å²) in [5.74, 6) is 1.01. The maximum absolute atomic E-state index is 13.1. The van der Waals surface area contributed by atoms with Crippen molar-refractivity contribution in [2.24, 2.45) is 17.8 Å². The maximum Gasteiger partial charge on any atom is 0.246 e. The number of nitrogens with zero attached hydrogens (tertiary/aromatic N) is 3. The monoisotopic (exact) mass is 454 g/mol. The number of likely N-dealkylation sites (tertiary alicyclic amines) is 2. The number of nitrogens with one attached hydrogen (secondary N) is 3. The zero-order valence-corrected chi connectivity index (χ0v) is 18.5. The minimum absolute atomic E-state index is 0.0404. The molecular formula is C23H27ClN6O2. The number of hydrogen-bond donors (Lipinski definition) is 3. The van der Waals surface area contributed by atoms with Crippen molar-refractivity contribution in [3.8, 4) is 6.07 Å². The average Bonchev–Trinajstić information content (AvgIpc) is 3.50. The van der Waals surface area contributed by atoms with Gasteiger partial charge in [-0.05, 0) is 49.1 Å². The Morgan fingerprint density at radius 3 is 2.50 bits per heavy atom. The second-order valence-corrected chi connectivity index (χ2v) is 9.80. The zero-order chi connectivity index (χ0) is 22.2. The molecule has 1 aromatic carbocycles. The predicted octanol–water partition coefficient (Wildman–Crippen LogP) is 1.29. The van der Waals surface area contributed by atoms with E-state index < -0.39 is 0 Å². The number of nitriles is 1. The van der Waals surface area contributed by atoms with Crippen molar-refractivity contribution in [3.63, 3.8) is 0 Å². The summed E-state index contributed by atoms with van der Waals surface area (Å²) in [6.07, 6.45) is 6.04. The van der Waals surface area contributed by atoms with Gasteiger partial charge in [-0.25, -0.2) is 10.9 Å². The van der Waals surface area contributed by atoms with E-state index in [2.05, 4.69) is 22.5 Å². The van der Waals surface area contributed by atoms with Gasteiger partial charge in [-0.15, -0.1) is 0 Å². The first-order valence-electron chi connectivity index (χ1n) is 11.2. The molecule has 3 saturated heterocycles. The van der Waals surface area contributed by atoms with Crippen LogP contribution in [0.1, 0.15) is 30.4 Å². The Bertz CT molecular complexity index is 977. The predicted molar refractivity (Wildman–Crippen MR) is 120 cm³/mol. The number of hydrogen-bond acceptors (Lipinski definition) is 6. The summed E-state index contributed by atoms with van der Waals surface area (Å²) in [5.41, 5.74) is 10.6. The molecule has 2 amide bonds. The van der Waals surface area contributed by atoms with Crippen LogP contribution in [-0.2, 0) is 9.59 Å². The van der Waals surface area contributed by atoms with Crippen molar-refractivity contribution in [1.82, 2.24) is 26.2 Å². The Labute approximate surface area is 192 Å². The van der Waals surface area contributed by atoms with Crippen molar-refractivity contribution < 1.29 is 9.59 Å². The average molecular weight is 455 g/mol. The highest BCUT2D eigenvalue weighted by molar-refractivity contribution is 6.30. The normalized spacial score (nSPS) is 31.6. The van der Waals surface area contributed by atoms with Crippen molar-refractivity contribution in [2.75, 3.05) is 26.2 Å². The Morgan fingerprint density at radius 2 is 1.75 bits per heavy atom. The van der Waals surface area contributed by atoms with Gasteiger partial charge >= 0.3 is 0 Å². The van der Waals surface area contributed by atoms with Crippen LogP contribution < -0.4 is 16.4 Å². The first-order valence-corrected chi connectivity index (χ1v) is 11.6. The van der Waals surface area contributed by atoms with E-state index in [1.807, 2.05) is 9.80 Å². The van der Waals surface area contributed by atoms with Crippen LogP contribution in [0, 0.1) is 29.1 Å². The van der Waals surface area contributed by atoms with Crippen LogP contribution in [0.5, 0.6) is 0 Å². The lowest BCUT2D eigenvalue weighted by molar-refractivity contribution is -0.136. The molecule has 32 heavy (non-hydrogen) atoms. The number of hydrazine groups is 2. The standard InChI is InChI=1S/C23H27ClN6O2/c24-19-6-14(5-15(7-19)9-25)1-4-22(31)29-10-17-12-30(13-18(17)11-29)23(32)16-2-3-20-21(8-16)27-28-26-20/h1,4-7,16-18,20-21,26-28H,2-3,8,10-13H2/b4-1+/t16?,17-,18-,20?,21?/m1/s1. The van der Waals surface area contributed by atoms with Gasteiger partial charge in [-0.2, -0.15) is 10.8 Å². The van der Waals surface area contributed by atoms with E-state index in [0.29, 0.717) is 47.6 Å². The number of benzene rings is 1. The number of carbonyl (C=O) groups excluding carboxylic acids is 2. The van der Waals surface area contributed by atoms with Gasteiger partial charge in [0.25, 0.3) is 0 Å². The number of halogens is 1. The summed E-state index contributed by atoms with van der Waals surface area (Å²) in [6, 6.07) is 7.82. The fourth-order valence-electron chi connectivity index (χ4n) is 5.61. The molecule has 1 aromatic rings. The summed E-state index contributed by atoms with van der Waals surface area (Å²) < 4.78 is 0. The van der Waals surface area contributed by atoms with Crippen LogP contribution in [-0.4, -0.2) is 59.9 Å². The number of fused-ring (bicyclic) bond motifs is 2. The molecule has 1 aliphatic carbocycles. The Hall–Kier alpha value is -2.44. The molecule has 8 nitrogen and oxygen atoms in total. The second-order valence-electron chi connectivity index (χ2n) is 9.36. The molecule has 5 atom stereocenters. The first kappa shape index (κ1) is 21.4. The lowest BCUT2D eigenvalue weighted by Gasteiger charge is -2.32. The van der Waals surface area contributed by atoms with E-state index in [1.54, 1.807) is 30.4 Å². The van der Waals surface area contributed by atoms with Crippen LogP contribution in [0.3, 0.4) is 0 Å². The molecule has 0 aromatic heterocycles. The van der Waals surface area contributed by atoms with Crippen LogP contribution in [0.25, 0.3) is 6.08 Å². The smallest absolute Gasteiger partial charge is 0.246 e. The fourth-order valence-corrected chi connectivity index (χ4v) is 5.85. The van der Waals surface area contributed by atoms with Gasteiger partial charge in [-0.1, -0.05) is 11.6 Å². The third-order valence-electron chi connectivity index (χ3n) is 7.29. The summed E-state index contributed by atoms with van der Waals surface area (Å²) in [7, 11) is 0. The topological polar surface area (TPSA) is 100 Å². The van der Waals surface area contributed by atoms with E-state index in [1.165, 1.54) is 0 Å². The van der Waals surface area contributed by atoms with Crippen molar-refractivity contribution >= 4 is 29.5 Å². The van der Waals surface area contributed by atoms with Crippen LogP contribution in [0.4, 0.5) is 0 Å². The number of carbonyl (C=O) groups is 2. The second kappa shape index (κ2) is 8.83. The number of rotatable bonds is 3. The lowest BCUT2D eigenvalue weighted by atomic mass is 9.82. The first-order chi connectivity index (χ1) is 15.5. The number of amides is 2. The minimum atomic E-state index is -0.0404.